The zero-order valence-electron chi connectivity index (χ0n) is 9.32. The van der Waals surface area contributed by atoms with Crippen molar-refractivity contribution < 1.29 is 0 Å². The molecule has 3 nitrogen and oxygen atoms in total. The summed E-state index contributed by atoms with van der Waals surface area (Å²) in [5.74, 6) is 0. The van der Waals surface area contributed by atoms with E-state index in [2.05, 4.69) is 35.8 Å². The Labute approximate surface area is 86.2 Å². The predicted molar refractivity (Wildman–Crippen MR) is 58.0 cm³/mol. The monoisotopic (exact) mass is 193 g/mol. The lowest BCUT2D eigenvalue weighted by molar-refractivity contribution is 0.307. The molecule has 0 saturated heterocycles. The highest BCUT2D eigenvalue weighted by Gasteiger charge is 2.12. The average Bonchev–Trinajstić information content (AvgIpc) is 2.19. The summed E-state index contributed by atoms with van der Waals surface area (Å²) in [6, 6.07) is 0. The van der Waals surface area contributed by atoms with E-state index in [1.807, 2.05) is 6.20 Å². The number of nitrogens with zero attached hydrogens (tertiary/aromatic N) is 3. The molecule has 0 unspecified atom stereocenters. The first kappa shape index (κ1) is 11.1. The Kier molecular flexibility index (Phi) is 4.53. The Bertz CT molecular complexity index is 273. The minimum atomic E-state index is 0.970. The van der Waals surface area contributed by atoms with Crippen molar-refractivity contribution in [2.75, 3.05) is 13.6 Å². The lowest BCUT2D eigenvalue weighted by Crippen LogP contribution is -2.27. The summed E-state index contributed by atoms with van der Waals surface area (Å²) in [6.45, 7) is 6.35. The fourth-order valence-corrected chi connectivity index (χ4v) is 1.38. The van der Waals surface area contributed by atoms with Gasteiger partial charge in [-0.15, -0.1) is 0 Å². The van der Waals surface area contributed by atoms with E-state index in [9.17, 15) is 0 Å². The van der Waals surface area contributed by atoms with Gasteiger partial charge in [-0.2, -0.15) is 0 Å². The third kappa shape index (κ3) is 3.07. The summed E-state index contributed by atoms with van der Waals surface area (Å²) in [7, 11) is 2.12. The van der Waals surface area contributed by atoms with E-state index in [1.165, 1.54) is 17.7 Å². The van der Waals surface area contributed by atoms with Crippen LogP contribution < -0.4 is 0 Å². The Morgan fingerprint density at radius 2 is 2.14 bits per heavy atom. The highest BCUT2D eigenvalue weighted by atomic mass is 15.1. The molecule has 78 valence electrons. The molecule has 0 aliphatic carbocycles. The van der Waals surface area contributed by atoms with Crippen LogP contribution in [0.15, 0.2) is 12.5 Å². The Morgan fingerprint density at radius 3 is 2.86 bits per heavy atom. The minimum absolute atomic E-state index is 0.970. The van der Waals surface area contributed by atoms with Crippen LogP contribution in [0.5, 0.6) is 0 Å². The van der Waals surface area contributed by atoms with Gasteiger partial charge in [0.1, 0.15) is 6.33 Å². The van der Waals surface area contributed by atoms with Crippen molar-refractivity contribution >= 4 is 0 Å². The first-order valence-corrected chi connectivity index (χ1v) is 5.24. The third-order valence-electron chi connectivity index (χ3n) is 2.06. The summed E-state index contributed by atoms with van der Waals surface area (Å²) in [5, 5.41) is 0. The van der Waals surface area contributed by atoms with E-state index < -0.39 is 0 Å². The van der Waals surface area contributed by atoms with Crippen LogP contribution in [-0.2, 0) is 13.0 Å². The molecule has 0 atom stereocenters. The summed E-state index contributed by atoms with van der Waals surface area (Å²) in [5.41, 5.74) is 2.50. The van der Waals surface area contributed by atoms with Crippen molar-refractivity contribution in [1.29, 1.82) is 0 Å². The van der Waals surface area contributed by atoms with Crippen LogP contribution in [-0.4, -0.2) is 28.5 Å². The molecular formula is C11H19N3. The maximum Gasteiger partial charge on any atom is 0.115 e. The van der Waals surface area contributed by atoms with Gasteiger partial charge >= 0.3 is 0 Å². The quantitative estimate of drug-likeness (QED) is 0.630. The molecule has 1 aliphatic heterocycles. The second kappa shape index (κ2) is 5.70. The van der Waals surface area contributed by atoms with Crippen LogP contribution >= 0.6 is 0 Å². The number of likely N-dealkylation sites (N-methyl/N-ethyl adjacent to an activating group) is 1. The van der Waals surface area contributed by atoms with Crippen molar-refractivity contribution in [3.05, 3.63) is 23.8 Å². The van der Waals surface area contributed by atoms with E-state index in [0.29, 0.717) is 0 Å². The molecule has 1 aromatic rings. The van der Waals surface area contributed by atoms with Crippen LogP contribution in [0.25, 0.3) is 0 Å². The van der Waals surface area contributed by atoms with Gasteiger partial charge in [0.05, 0.1) is 5.69 Å². The molecule has 1 aliphatic rings. The van der Waals surface area contributed by atoms with Gasteiger partial charge in [0.25, 0.3) is 0 Å². The molecule has 0 radical (unpaired) electrons. The van der Waals surface area contributed by atoms with Crippen LogP contribution in [0.3, 0.4) is 0 Å². The molecule has 0 amide bonds. The van der Waals surface area contributed by atoms with E-state index in [0.717, 1.165) is 19.5 Å². The van der Waals surface area contributed by atoms with Crippen molar-refractivity contribution in [2.24, 2.45) is 0 Å². The molecule has 0 bridgehead atoms. The normalized spacial score (nSPS) is 15.4. The van der Waals surface area contributed by atoms with E-state index in [-0.39, 0.29) is 0 Å². The van der Waals surface area contributed by atoms with Gasteiger partial charge in [-0.1, -0.05) is 20.3 Å². The van der Waals surface area contributed by atoms with Gasteiger partial charge < -0.3 is 4.90 Å². The van der Waals surface area contributed by atoms with Crippen molar-refractivity contribution in [3.63, 3.8) is 0 Å². The molecule has 3 heteroatoms. The largest absolute Gasteiger partial charge is 0.300 e. The van der Waals surface area contributed by atoms with Gasteiger partial charge in [0.15, 0.2) is 0 Å². The molecular weight excluding hydrogens is 174 g/mol. The highest BCUT2D eigenvalue weighted by Crippen LogP contribution is 2.12. The number of aromatic nitrogens is 2. The summed E-state index contributed by atoms with van der Waals surface area (Å²) in [6.07, 6.45) is 5.89. The first-order valence-electron chi connectivity index (χ1n) is 5.24. The smallest absolute Gasteiger partial charge is 0.115 e. The Hall–Kier alpha value is -0.960. The molecule has 0 saturated carbocycles. The number of rotatable bonds is 0. The molecule has 0 aromatic carbocycles. The summed E-state index contributed by atoms with van der Waals surface area (Å²) in [4.78, 5) is 10.5. The maximum absolute atomic E-state index is 4.22. The van der Waals surface area contributed by atoms with Crippen LogP contribution in [0.4, 0.5) is 0 Å². The topological polar surface area (TPSA) is 29.0 Å². The van der Waals surface area contributed by atoms with Gasteiger partial charge in [-0.3, -0.25) is 0 Å². The van der Waals surface area contributed by atoms with Crippen LogP contribution in [0.1, 0.15) is 31.5 Å². The molecule has 1 aromatic heterocycles. The summed E-state index contributed by atoms with van der Waals surface area (Å²) >= 11 is 0. The predicted octanol–water partition coefficient (Wildman–Crippen LogP) is 1.88. The van der Waals surface area contributed by atoms with Gasteiger partial charge in [-0.05, 0) is 19.0 Å². The lowest BCUT2D eigenvalue weighted by atomic mass is 10.1. The van der Waals surface area contributed by atoms with Crippen molar-refractivity contribution in [2.45, 2.75) is 33.2 Å². The van der Waals surface area contributed by atoms with Gasteiger partial charge in [0, 0.05) is 19.3 Å². The second-order valence-electron chi connectivity index (χ2n) is 3.69. The zero-order chi connectivity index (χ0) is 10.4. The minimum Gasteiger partial charge on any atom is -0.300 e. The summed E-state index contributed by atoms with van der Waals surface area (Å²) < 4.78 is 0. The zero-order valence-corrected chi connectivity index (χ0v) is 9.32. The third-order valence-corrected chi connectivity index (χ3v) is 2.06. The molecule has 0 N–H and O–H groups in total. The lowest BCUT2D eigenvalue weighted by Gasteiger charge is -2.22. The highest BCUT2D eigenvalue weighted by molar-refractivity contribution is 5.18. The van der Waals surface area contributed by atoms with E-state index >= 15 is 0 Å². The van der Waals surface area contributed by atoms with Crippen molar-refractivity contribution in [1.82, 2.24) is 14.9 Å². The number of hydrogen-bond donors (Lipinski definition) is 0. The second-order valence-corrected chi connectivity index (χ2v) is 3.69. The Morgan fingerprint density at radius 1 is 1.43 bits per heavy atom. The van der Waals surface area contributed by atoms with Crippen molar-refractivity contribution in [3.8, 4) is 0 Å². The number of hydrogen-bond acceptors (Lipinski definition) is 3. The van der Waals surface area contributed by atoms with Gasteiger partial charge in [-0.25, -0.2) is 9.97 Å². The fourth-order valence-electron chi connectivity index (χ4n) is 1.38. The fraction of sp³-hybridized carbons (Fsp3) is 0.636. The molecule has 14 heavy (non-hydrogen) atoms. The number of fused-ring (bicyclic) bond motifs is 1. The molecule has 0 spiro atoms. The standard InChI is InChI=1S/C8H11N3.C3H8/c1-11-3-2-7-4-9-6-10-8(7)5-11;1-3-2/h4,6H,2-3,5H2,1H3;3H2,1-2H3. The van der Waals surface area contributed by atoms with Gasteiger partial charge in [0.2, 0.25) is 0 Å². The van der Waals surface area contributed by atoms with E-state index in [1.54, 1.807) is 6.33 Å². The Balaban J connectivity index is 0.000000293. The maximum atomic E-state index is 4.22. The molecule has 2 heterocycles. The SMILES string of the molecule is CCC.CN1CCc2cncnc2C1. The average molecular weight is 193 g/mol. The van der Waals surface area contributed by atoms with E-state index in [4.69, 9.17) is 0 Å². The first-order chi connectivity index (χ1) is 6.77. The molecule has 2 rings (SSSR count). The van der Waals surface area contributed by atoms with Crippen LogP contribution in [0.2, 0.25) is 0 Å². The van der Waals surface area contributed by atoms with Crippen LogP contribution in [0, 0.1) is 0 Å². The molecule has 0 fully saturated rings.